The molecule has 3 heterocycles. The van der Waals surface area contributed by atoms with E-state index in [-0.39, 0.29) is 22.9 Å². The van der Waals surface area contributed by atoms with Gasteiger partial charge in [-0.05, 0) is 67.6 Å². The molecule has 5 rings (SSSR count). The van der Waals surface area contributed by atoms with Gasteiger partial charge >= 0.3 is 0 Å². The molecule has 0 spiro atoms. The third-order valence-electron chi connectivity index (χ3n) is 8.07. The second kappa shape index (κ2) is 12.0. The van der Waals surface area contributed by atoms with Crippen molar-refractivity contribution in [2.45, 2.75) is 52.4 Å². The van der Waals surface area contributed by atoms with Gasteiger partial charge in [0.05, 0.1) is 5.56 Å². The van der Waals surface area contributed by atoms with Gasteiger partial charge in [0.15, 0.2) is 11.5 Å². The zero-order chi connectivity index (χ0) is 29.1. The molecule has 2 fully saturated rings. The van der Waals surface area contributed by atoms with Gasteiger partial charge in [-0.15, -0.1) is 0 Å². The Kier molecular flexibility index (Phi) is 8.47. The Morgan fingerprint density at radius 1 is 0.878 bits per heavy atom. The Morgan fingerprint density at radius 3 is 2.32 bits per heavy atom. The van der Waals surface area contributed by atoms with E-state index in [0.29, 0.717) is 17.0 Å². The molecule has 1 aromatic heterocycles. The van der Waals surface area contributed by atoms with E-state index in [1.807, 2.05) is 36.2 Å². The monoisotopic (exact) mass is 558 g/mol. The molecule has 2 saturated heterocycles. The predicted octanol–water partition coefficient (Wildman–Crippen LogP) is 5.08. The van der Waals surface area contributed by atoms with Gasteiger partial charge in [-0.2, -0.15) is 0 Å². The number of aryl methyl sites for hydroxylation is 1. The number of amides is 2. The number of piperidine rings is 1. The highest BCUT2D eigenvalue weighted by Crippen LogP contribution is 2.32. The topological polar surface area (TPSA) is 94.0 Å². The first-order valence-corrected chi connectivity index (χ1v) is 14.6. The van der Waals surface area contributed by atoms with E-state index in [4.69, 9.17) is 4.52 Å². The minimum absolute atomic E-state index is 0.0863. The second-order valence-corrected chi connectivity index (χ2v) is 12.3. The van der Waals surface area contributed by atoms with Crippen molar-refractivity contribution in [2.24, 2.45) is 0 Å². The van der Waals surface area contributed by atoms with Crippen molar-refractivity contribution < 1.29 is 14.1 Å². The SMILES string of the molecule is Cc1ccc(NC(=O)c2cc(C(C)(C)C)ccc2N2CCN(C)CC2)cc1-c1cc(C(=O)NN2CCCCC2)no1. The quantitative estimate of drug-likeness (QED) is 0.436. The molecule has 9 nitrogen and oxygen atoms in total. The Balaban J connectivity index is 1.37. The average molecular weight is 559 g/mol. The summed E-state index contributed by atoms with van der Waals surface area (Å²) in [5.74, 6) is 0.0495. The number of nitrogens with one attached hydrogen (secondary N) is 2. The van der Waals surface area contributed by atoms with Crippen LogP contribution in [0.2, 0.25) is 0 Å². The number of hydrogen-bond acceptors (Lipinski definition) is 7. The summed E-state index contributed by atoms with van der Waals surface area (Å²) in [7, 11) is 2.13. The van der Waals surface area contributed by atoms with Gasteiger partial charge in [-0.1, -0.05) is 44.5 Å². The van der Waals surface area contributed by atoms with Crippen LogP contribution in [0, 0.1) is 6.92 Å². The van der Waals surface area contributed by atoms with E-state index in [1.54, 1.807) is 6.07 Å². The second-order valence-electron chi connectivity index (χ2n) is 12.3. The van der Waals surface area contributed by atoms with Crippen molar-refractivity contribution in [3.8, 4) is 11.3 Å². The number of rotatable bonds is 6. The van der Waals surface area contributed by atoms with E-state index < -0.39 is 0 Å². The first kappa shape index (κ1) is 28.8. The first-order valence-electron chi connectivity index (χ1n) is 14.6. The maximum absolute atomic E-state index is 13.8. The Labute approximate surface area is 242 Å². The van der Waals surface area contributed by atoms with Gasteiger partial charge in [-0.25, -0.2) is 5.01 Å². The molecule has 0 saturated carbocycles. The number of anilines is 2. The summed E-state index contributed by atoms with van der Waals surface area (Å²) >= 11 is 0. The molecular weight excluding hydrogens is 516 g/mol. The van der Waals surface area contributed by atoms with E-state index in [9.17, 15) is 9.59 Å². The maximum atomic E-state index is 13.8. The highest BCUT2D eigenvalue weighted by atomic mass is 16.5. The molecule has 0 aliphatic carbocycles. The summed E-state index contributed by atoms with van der Waals surface area (Å²) in [6.07, 6.45) is 3.32. The zero-order valence-corrected chi connectivity index (χ0v) is 24.9. The van der Waals surface area contributed by atoms with Crippen LogP contribution in [-0.4, -0.2) is 73.2 Å². The predicted molar refractivity (Wildman–Crippen MR) is 162 cm³/mol. The molecule has 41 heavy (non-hydrogen) atoms. The summed E-state index contributed by atoms with van der Waals surface area (Å²) in [4.78, 5) is 31.1. The lowest BCUT2D eigenvalue weighted by molar-refractivity contribution is 0.0740. The van der Waals surface area contributed by atoms with Crippen molar-refractivity contribution in [1.29, 1.82) is 0 Å². The van der Waals surface area contributed by atoms with E-state index in [0.717, 1.165) is 74.5 Å². The molecule has 2 N–H and O–H groups in total. The van der Waals surface area contributed by atoms with Crippen LogP contribution in [0.4, 0.5) is 11.4 Å². The summed E-state index contributed by atoms with van der Waals surface area (Å²) in [6, 6.07) is 13.6. The van der Waals surface area contributed by atoms with Gasteiger partial charge < -0.3 is 19.6 Å². The van der Waals surface area contributed by atoms with Crippen LogP contribution < -0.4 is 15.6 Å². The lowest BCUT2D eigenvalue weighted by Crippen LogP contribution is -2.45. The Bertz CT molecular complexity index is 1390. The Morgan fingerprint density at radius 2 is 1.61 bits per heavy atom. The average Bonchev–Trinajstić information content (AvgIpc) is 3.45. The molecule has 9 heteroatoms. The molecule has 2 aliphatic heterocycles. The number of aromatic nitrogens is 1. The van der Waals surface area contributed by atoms with E-state index in [1.165, 1.54) is 6.42 Å². The fraction of sp³-hybridized carbons (Fsp3) is 0.469. The standard InChI is InChI=1S/C32H42N6O3/c1-22-9-11-24(20-25(22)29-21-27(35-41-29)31(40)34-38-13-7-6-8-14-38)33-30(39)26-19-23(32(2,3)4)10-12-28(26)37-17-15-36(5)16-18-37/h9-12,19-21H,6-8,13-18H2,1-5H3,(H,33,39)(H,34,40). The van der Waals surface area contributed by atoms with Crippen molar-refractivity contribution in [3.05, 3.63) is 64.8 Å². The van der Waals surface area contributed by atoms with Crippen LogP contribution in [0.25, 0.3) is 11.3 Å². The van der Waals surface area contributed by atoms with Crippen LogP contribution in [0.5, 0.6) is 0 Å². The minimum Gasteiger partial charge on any atom is -0.368 e. The number of carbonyl (C=O) groups excluding carboxylic acids is 2. The van der Waals surface area contributed by atoms with E-state index in [2.05, 4.69) is 65.7 Å². The number of piperazine rings is 1. The highest BCUT2D eigenvalue weighted by Gasteiger charge is 2.24. The molecule has 0 bridgehead atoms. The number of hydrogen-bond donors (Lipinski definition) is 2. The largest absolute Gasteiger partial charge is 0.368 e. The molecule has 2 amide bonds. The van der Waals surface area contributed by atoms with Crippen molar-refractivity contribution >= 4 is 23.2 Å². The number of hydrazine groups is 1. The highest BCUT2D eigenvalue weighted by molar-refractivity contribution is 6.08. The fourth-order valence-electron chi connectivity index (χ4n) is 5.39. The third kappa shape index (κ3) is 6.80. The first-order chi connectivity index (χ1) is 19.6. The van der Waals surface area contributed by atoms with Crippen molar-refractivity contribution in [3.63, 3.8) is 0 Å². The Hall–Kier alpha value is -3.69. The van der Waals surface area contributed by atoms with Crippen LogP contribution >= 0.6 is 0 Å². The van der Waals surface area contributed by atoms with Crippen LogP contribution in [0.3, 0.4) is 0 Å². The van der Waals surface area contributed by atoms with Gasteiger partial charge in [-0.3, -0.25) is 15.0 Å². The van der Waals surface area contributed by atoms with Gasteiger partial charge in [0.1, 0.15) is 0 Å². The van der Waals surface area contributed by atoms with E-state index >= 15 is 0 Å². The fourth-order valence-corrected chi connectivity index (χ4v) is 5.39. The molecule has 0 radical (unpaired) electrons. The molecule has 3 aromatic rings. The molecule has 2 aliphatic rings. The number of benzene rings is 2. The smallest absolute Gasteiger partial charge is 0.287 e. The zero-order valence-electron chi connectivity index (χ0n) is 24.9. The molecule has 2 aromatic carbocycles. The molecule has 218 valence electrons. The number of carbonyl (C=O) groups is 2. The van der Waals surface area contributed by atoms with Crippen LogP contribution in [0.1, 0.15) is 72.0 Å². The molecular formula is C32H42N6O3. The van der Waals surface area contributed by atoms with Crippen LogP contribution in [0.15, 0.2) is 47.0 Å². The minimum atomic E-state index is -0.279. The molecule has 0 atom stereocenters. The van der Waals surface area contributed by atoms with Crippen LogP contribution in [-0.2, 0) is 5.41 Å². The van der Waals surface area contributed by atoms with Gasteiger partial charge in [0.25, 0.3) is 11.8 Å². The lowest BCUT2D eigenvalue weighted by atomic mass is 9.85. The summed E-state index contributed by atoms with van der Waals surface area (Å²) in [5.41, 5.74) is 8.18. The number of nitrogens with zero attached hydrogens (tertiary/aromatic N) is 4. The van der Waals surface area contributed by atoms with Crippen molar-refractivity contribution in [2.75, 3.05) is 56.5 Å². The summed E-state index contributed by atoms with van der Waals surface area (Å²) < 4.78 is 5.59. The van der Waals surface area contributed by atoms with Crippen molar-refractivity contribution in [1.82, 2.24) is 20.5 Å². The summed E-state index contributed by atoms with van der Waals surface area (Å²) in [6.45, 7) is 13.8. The summed E-state index contributed by atoms with van der Waals surface area (Å²) in [5, 5.41) is 9.09. The normalized spacial score (nSPS) is 17.0. The third-order valence-corrected chi connectivity index (χ3v) is 8.07. The van der Waals surface area contributed by atoms with Gasteiger partial charge in [0.2, 0.25) is 0 Å². The maximum Gasteiger partial charge on any atom is 0.287 e. The number of likely N-dealkylation sites (N-methyl/N-ethyl adjacent to an activating group) is 1. The van der Waals surface area contributed by atoms with Gasteiger partial charge in [0, 0.05) is 62.3 Å². The molecule has 0 unspecified atom stereocenters. The lowest BCUT2D eigenvalue weighted by Gasteiger charge is -2.35.